The molecule has 56 valence electrons. The van der Waals surface area contributed by atoms with Gasteiger partial charge in [0.15, 0.2) is 0 Å². The molecule has 0 aliphatic carbocycles. The van der Waals surface area contributed by atoms with Crippen LogP contribution in [0.2, 0.25) is 0 Å². The normalized spacial score (nSPS) is 7.56. The van der Waals surface area contributed by atoms with Crippen molar-refractivity contribution >= 4 is 0 Å². The van der Waals surface area contributed by atoms with Crippen LogP contribution in [0.25, 0.3) is 0 Å². The van der Waals surface area contributed by atoms with E-state index in [1.807, 2.05) is 0 Å². The molecule has 9 heavy (non-hydrogen) atoms. The summed E-state index contributed by atoms with van der Waals surface area (Å²) in [5, 5.41) is 7.32. The van der Waals surface area contributed by atoms with Crippen LogP contribution in [0.5, 0.6) is 0 Å². The average Bonchev–Trinajstić information content (AvgIpc) is 1.27. The van der Waals surface area contributed by atoms with Gasteiger partial charge in [-0.05, 0) is 0 Å². The second-order valence-corrected chi connectivity index (χ2v) is 1.41. The summed E-state index contributed by atoms with van der Waals surface area (Å²) in [5.41, 5.74) is 0. The molecule has 0 aliphatic rings. The van der Waals surface area contributed by atoms with E-state index < -0.39 is 10.2 Å². The minimum Gasteiger partial charge on any atom is -0.412 e. The van der Waals surface area contributed by atoms with Crippen molar-refractivity contribution in [2.75, 3.05) is 0 Å². The minimum absolute atomic E-state index is 0. The molecule has 0 saturated heterocycles. The van der Waals surface area contributed by atoms with Gasteiger partial charge < -0.3 is 5.48 Å². The third-order valence-electron chi connectivity index (χ3n) is 0. The highest BCUT2D eigenvalue weighted by molar-refractivity contribution is 4.51. The van der Waals surface area contributed by atoms with E-state index in [2.05, 4.69) is 0 Å². The molecule has 0 spiro atoms. The molecule has 0 aromatic carbocycles. The van der Waals surface area contributed by atoms with Crippen molar-refractivity contribution in [1.29, 1.82) is 5.26 Å². The molecule has 6 nitrogen and oxygen atoms in total. The molecule has 0 saturated carbocycles. The van der Waals surface area contributed by atoms with E-state index in [4.69, 9.17) is 23.9 Å². The van der Waals surface area contributed by atoms with Crippen LogP contribution < -0.4 is 14.0 Å². The third-order valence-corrected chi connectivity index (χ3v) is 0. The molecular weight excluding hydrogens is 153 g/mol. The van der Waals surface area contributed by atoms with E-state index in [1.54, 1.807) is 6.07 Å². The fourth-order valence-corrected chi connectivity index (χ4v) is 0. The summed E-state index contributed by atoms with van der Waals surface area (Å²) in [6.07, 6.45) is 0. The summed E-state index contributed by atoms with van der Waals surface area (Å²) in [6, 6.07) is 1.75. The topological polar surface area (TPSA) is 145 Å². The molecule has 0 fully saturated rings. The number of nitriles is 1. The Morgan fingerprint density at radius 1 is 1.44 bits per heavy atom. The molecule has 0 atom stereocenters. The lowest BCUT2D eigenvalue weighted by molar-refractivity contribution is -1.92. The van der Waals surface area contributed by atoms with E-state index >= 15 is 0 Å². The molecule has 0 aliphatic heterocycles. The van der Waals surface area contributed by atoms with Crippen LogP contribution >= 0.6 is 0 Å². The first-order valence-corrected chi connectivity index (χ1v) is 2.62. The Morgan fingerprint density at radius 2 is 1.44 bits per heavy atom. The summed E-state index contributed by atoms with van der Waals surface area (Å²) >= 11 is 0. The maximum atomic E-state index is 8.60. The van der Waals surface area contributed by atoms with Gasteiger partial charge in [0, 0.05) is 6.92 Å². The van der Waals surface area contributed by atoms with E-state index in [9.17, 15) is 0 Å². The largest absolute Gasteiger partial charge is 0.412 e. The highest BCUT2D eigenvalue weighted by Crippen LogP contribution is 1.60. The number of rotatable bonds is 0. The van der Waals surface area contributed by atoms with E-state index in [0.29, 0.717) is 0 Å². The van der Waals surface area contributed by atoms with Crippen LogP contribution in [0.1, 0.15) is 6.92 Å². The summed E-state index contributed by atoms with van der Waals surface area (Å²) in [6.45, 7) is 1.43. The van der Waals surface area contributed by atoms with Gasteiger partial charge in [0.2, 0.25) is 0 Å². The highest BCUT2D eigenvalue weighted by Gasteiger charge is 1.98. The van der Waals surface area contributed by atoms with Crippen molar-refractivity contribution in [1.82, 2.24) is 0 Å². The first-order valence-electron chi connectivity index (χ1n) is 1.36. The second-order valence-electron chi connectivity index (χ2n) is 0.620. The molecule has 0 unspecified atom stereocenters. The SMILES string of the molecule is CC#N.O.[O-][Cl+3]([O-])([O-])O. The lowest BCUT2D eigenvalue weighted by Crippen LogP contribution is -2.58. The van der Waals surface area contributed by atoms with E-state index in [0.717, 1.165) is 0 Å². The second kappa shape index (κ2) is 7.58. The molecule has 0 aromatic heterocycles. The van der Waals surface area contributed by atoms with Crippen LogP contribution in [0.3, 0.4) is 0 Å². The fourth-order valence-electron chi connectivity index (χ4n) is 0. The molecule has 0 bridgehead atoms. The van der Waals surface area contributed by atoms with Crippen molar-refractivity contribution < 1.29 is 34.4 Å². The fraction of sp³-hybridized carbons (Fsp3) is 0.500. The monoisotopic (exact) mass is 159 g/mol. The Morgan fingerprint density at radius 3 is 1.44 bits per heavy atom. The number of hydrogen-bond acceptors (Lipinski definition) is 5. The summed E-state index contributed by atoms with van der Waals surface area (Å²) < 4.78 is 32.7. The van der Waals surface area contributed by atoms with Gasteiger partial charge in [-0.1, -0.05) is 0 Å². The highest BCUT2D eigenvalue weighted by atomic mass is 35.7. The Labute approximate surface area is 53.6 Å². The van der Waals surface area contributed by atoms with Crippen molar-refractivity contribution in [2.45, 2.75) is 6.92 Å². The van der Waals surface area contributed by atoms with Crippen LogP contribution in [0.4, 0.5) is 0 Å². The van der Waals surface area contributed by atoms with Gasteiger partial charge >= 0.3 is 0 Å². The molecule has 0 amide bonds. The Kier molecular flexibility index (Phi) is 13.3. The first kappa shape index (κ1) is 15.8. The predicted molar refractivity (Wildman–Crippen MR) is 17.1 cm³/mol. The van der Waals surface area contributed by atoms with Gasteiger partial charge in [-0.3, -0.25) is 0 Å². The first-order chi connectivity index (χ1) is 3.41. The number of hydrogen-bond donors (Lipinski definition) is 1. The molecule has 0 aromatic rings. The molecule has 0 radical (unpaired) electrons. The van der Waals surface area contributed by atoms with Gasteiger partial charge in [-0.15, -0.1) is 0 Å². The van der Waals surface area contributed by atoms with Gasteiger partial charge in [-0.25, -0.2) is 0 Å². The summed E-state index contributed by atoms with van der Waals surface area (Å²) in [4.78, 5) is 0. The number of nitrogens with zero attached hydrogens (tertiary/aromatic N) is 1. The van der Waals surface area contributed by atoms with Crippen LogP contribution in [0.15, 0.2) is 0 Å². The van der Waals surface area contributed by atoms with Gasteiger partial charge in [-0.2, -0.15) is 19.2 Å². The Bertz CT molecular complexity index is 75.9. The molecule has 0 heterocycles. The van der Waals surface area contributed by atoms with Gasteiger partial charge in [0.1, 0.15) is 0 Å². The van der Waals surface area contributed by atoms with Crippen LogP contribution in [0, 0.1) is 21.6 Å². The van der Waals surface area contributed by atoms with Crippen molar-refractivity contribution in [2.24, 2.45) is 0 Å². The lowest BCUT2D eigenvalue weighted by atomic mass is 11.0. The molecule has 7 heteroatoms. The maximum Gasteiger partial charge on any atom is 0.0777 e. The van der Waals surface area contributed by atoms with Crippen molar-refractivity contribution in [3.8, 4) is 6.07 Å². The smallest absolute Gasteiger partial charge is 0.0777 e. The van der Waals surface area contributed by atoms with E-state index in [1.165, 1.54) is 6.92 Å². The van der Waals surface area contributed by atoms with Crippen LogP contribution in [-0.4, -0.2) is 10.1 Å². The standard InChI is InChI=1S/C2H3N.ClHO4.H2O/c1-2-3;2-1(3,4)5;/h1H3;(H,2,3,4,5);1H2. The summed E-state index contributed by atoms with van der Waals surface area (Å²) in [7, 11) is -4.69. The van der Waals surface area contributed by atoms with E-state index in [-0.39, 0.29) is 5.48 Å². The predicted octanol–water partition coefficient (Wildman–Crippen LogP) is -4.42. The number of halogens is 1. The minimum atomic E-state index is -4.69. The zero-order chi connectivity index (χ0) is 7.21. The molecule has 3 N–H and O–H groups in total. The quantitative estimate of drug-likeness (QED) is 0.379. The molecular formula is C2H6ClNO5. The molecule has 0 rings (SSSR count). The Hall–Kier alpha value is -0.420. The maximum absolute atomic E-state index is 8.60. The zero-order valence-electron chi connectivity index (χ0n) is 4.50. The summed E-state index contributed by atoms with van der Waals surface area (Å²) in [5.74, 6) is 0. The lowest BCUT2D eigenvalue weighted by Gasteiger charge is -2.03. The van der Waals surface area contributed by atoms with Gasteiger partial charge in [0.05, 0.1) is 21.0 Å². The third kappa shape index (κ3) is 1340. The zero-order valence-corrected chi connectivity index (χ0v) is 5.25. The van der Waals surface area contributed by atoms with Crippen molar-refractivity contribution in [3.63, 3.8) is 0 Å². The Balaban J connectivity index is -0.0000000800. The van der Waals surface area contributed by atoms with Crippen LogP contribution in [-0.2, 0) is 0 Å². The van der Waals surface area contributed by atoms with Gasteiger partial charge in [0.25, 0.3) is 0 Å². The average molecular weight is 160 g/mol. The van der Waals surface area contributed by atoms with Crippen molar-refractivity contribution in [3.05, 3.63) is 0 Å².